The van der Waals surface area contributed by atoms with Gasteiger partial charge in [-0.1, -0.05) is 30.3 Å². The summed E-state index contributed by atoms with van der Waals surface area (Å²) in [7, 11) is 0. The molecule has 130 valence electrons. The molecule has 2 aromatic carbocycles. The summed E-state index contributed by atoms with van der Waals surface area (Å²) in [6.45, 7) is 0.584. The van der Waals surface area contributed by atoms with Crippen molar-refractivity contribution in [3.63, 3.8) is 0 Å². The number of ether oxygens (including phenoxy) is 1. The molecule has 0 saturated carbocycles. The van der Waals surface area contributed by atoms with Crippen molar-refractivity contribution in [2.75, 3.05) is 0 Å². The molecule has 25 heavy (non-hydrogen) atoms. The summed E-state index contributed by atoms with van der Waals surface area (Å²) < 4.78 is 45.6. The Hall–Kier alpha value is -2.83. The highest BCUT2D eigenvalue weighted by atomic mass is 19.4. The second kappa shape index (κ2) is 7.38. The minimum absolute atomic E-state index is 0.304. The first-order chi connectivity index (χ1) is 12.0. The Morgan fingerprint density at radius 1 is 1.00 bits per heavy atom. The van der Waals surface area contributed by atoms with Crippen LogP contribution in [0, 0.1) is 0 Å². The molecule has 1 aromatic heterocycles. The molecule has 3 rings (SSSR count). The van der Waals surface area contributed by atoms with E-state index < -0.39 is 11.7 Å². The molecule has 0 saturated heterocycles. The molecule has 1 unspecified atom stereocenters. The fourth-order valence-corrected chi connectivity index (χ4v) is 2.45. The number of benzene rings is 2. The summed E-state index contributed by atoms with van der Waals surface area (Å²) in [6, 6.07) is 14.3. The molecule has 0 radical (unpaired) electrons. The lowest BCUT2D eigenvalue weighted by molar-refractivity contribution is -0.137. The quantitative estimate of drug-likeness (QED) is 0.659. The summed E-state index contributed by atoms with van der Waals surface area (Å²) in [5.74, 6) is 0.389. The zero-order chi connectivity index (χ0) is 17.7. The molecule has 1 heterocycles. The summed E-state index contributed by atoms with van der Waals surface area (Å²) >= 11 is 0. The Morgan fingerprint density at radius 3 is 2.32 bits per heavy atom. The number of nitrogens with zero attached hydrogens (tertiary/aromatic N) is 3. The smallest absolute Gasteiger partial charge is 0.416 e. The topological polar surface area (TPSA) is 39.9 Å². The van der Waals surface area contributed by atoms with Crippen LogP contribution in [0.25, 0.3) is 0 Å². The van der Waals surface area contributed by atoms with Crippen molar-refractivity contribution in [1.29, 1.82) is 0 Å². The van der Waals surface area contributed by atoms with Crippen LogP contribution < -0.4 is 4.74 Å². The average Bonchev–Trinajstić information content (AvgIpc) is 3.12. The van der Waals surface area contributed by atoms with E-state index in [-0.39, 0.29) is 6.10 Å². The Kier molecular flexibility index (Phi) is 5.02. The Morgan fingerprint density at radius 2 is 1.72 bits per heavy atom. The van der Waals surface area contributed by atoms with Gasteiger partial charge in [0.25, 0.3) is 0 Å². The molecule has 4 nitrogen and oxygen atoms in total. The highest BCUT2D eigenvalue weighted by Crippen LogP contribution is 2.32. The zero-order valence-corrected chi connectivity index (χ0v) is 13.2. The van der Waals surface area contributed by atoms with E-state index in [0.717, 1.165) is 17.7 Å². The Balaban J connectivity index is 1.75. The lowest BCUT2D eigenvalue weighted by Crippen LogP contribution is -2.12. The van der Waals surface area contributed by atoms with Gasteiger partial charge in [0.2, 0.25) is 0 Å². The van der Waals surface area contributed by atoms with E-state index in [1.807, 2.05) is 30.3 Å². The van der Waals surface area contributed by atoms with Crippen molar-refractivity contribution in [3.05, 3.63) is 78.4 Å². The average molecular weight is 347 g/mol. The van der Waals surface area contributed by atoms with Crippen molar-refractivity contribution in [2.24, 2.45) is 0 Å². The molecule has 1 atom stereocenters. The van der Waals surface area contributed by atoms with Gasteiger partial charge in [-0.2, -0.15) is 18.3 Å². The Bertz CT molecular complexity index is 772. The van der Waals surface area contributed by atoms with Crippen molar-refractivity contribution in [1.82, 2.24) is 14.8 Å². The second-order valence-corrected chi connectivity index (χ2v) is 5.49. The number of halogens is 3. The zero-order valence-electron chi connectivity index (χ0n) is 13.2. The van der Waals surface area contributed by atoms with Gasteiger partial charge < -0.3 is 4.74 Å². The summed E-state index contributed by atoms with van der Waals surface area (Å²) in [5, 5.41) is 4.05. The molecule has 0 amide bonds. The van der Waals surface area contributed by atoms with Gasteiger partial charge in [-0.25, -0.2) is 4.98 Å². The standard InChI is InChI=1S/C18H16F3N3O/c19-18(20,21)15-6-8-16(9-7-15)25-17(14-4-2-1-3-5-14)10-11-24-13-22-12-23-24/h1-9,12-13,17H,10-11H2. The van der Waals surface area contributed by atoms with Crippen LogP contribution in [-0.4, -0.2) is 14.8 Å². The van der Waals surface area contributed by atoms with Gasteiger partial charge in [-0.15, -0.1) is 0 Å². The van der Waals surface area contributed by atoms with E-state index in [4.69, 9.17) is 4.74 Å². The molecule has 0 fully saturated rings. The van der Waals surface area contributed by atoms with E-state index in [0.29, 0.717) is 18.7 Å². The summed E-state index contributed by atoms with van der Waals surface area (Å²) in [6.07, 6.45) is -0.991. The molecule has 0 aliphatic heterocycles. The second-order valence-electron chi connectivity index (χ2n) is 5.49. The Labute approximate surface area is 142 Å². The minimum atomic E-state index is -4.36. The molecular weight excluding hydrogens is 331 g/mol. The van der Waals surface area contributed by atoms with Gasteiger partial charge in [0.1, 0.15) is 24.5 Å². The molecule has 7 heteroatoms. The van der Waals surface area contributed by atoms with E-state index in [1.54, 1.807) is 11.0 Å². The maximum atomic E-state index is 12.7. The predicted molar refractivity (Wildman–Crippen MR) is 85.9 cm³/mol. The van der Waals surface area contributed by atoms with Crippen molar-refractivity contribution in [3.8, 4) is 5.75 Å². The highest BCUT2D eigenvalue weighted by Gasteiger charge is 2.30. The normalized spacial score (nSPS) is 12.8. The monoisotopic (exact) mass is 347 g/mol. The van der Waals surface area contributed by atoms with E-state index in [1.165, 1.54) is 18.5 Å². The maximum Gasteiger partial charge on any atom is 0.416 e. The van der Waals surface area contributed by atoms with Crippen molar-refractivity contribution < 1.29 is 17.9 Å². The van der Waals surface area contributed by atoms with Crippen molar-refractivity contribution >= 4 is 0 Å². The van der Waals surface area contributed by atoms with Crippen molar-refractivity contribution in [2.45, 2.75) is 25.2 Å². The summed E-state index contributed by atoms with van der Waals surface area (Å²) in [5.41, 5.74) is 0.251. The third kappa shape index (κ3) is 4.59. The third-order valence-corrected chi connectivity index (χ3v) is 3.72. The van der Waals surface area contributed by atoms with Crippen LogP contribution in [-0.2, 0) is 12.7 Å². The fourth-order valence-electron chi connectivity index (χ4n) is 2.45. The molecule has 0 aliphatic carbocycles. The lowest BCUT2D eigenvalue weighted by Gasteiger charge is -2.20. The fraction of sp³-hybridized carbons (Fsp3) is 0.222. The van der Waals surface area contributed by atoms with Crippen LogP contribution in [0.15, 0.2) is 67.3 Å². The van der Waals surface area contributed by atoms with Crippen LogP contribution in [0.3, 0.4) is 0 Å². The van der Waals surface area contributed by atoms with E-state index in [9.17, 15) is 13.2 Å². The van der Waals surface area contributed by atoms with Crippen LogP contribution in [0.4, 0.5) is 13.2 Å². The van der Waals surface area contributed by atoms with Crippen LogP contribution in [0.5, 0.6) is 5.75 Å². The predicted octanol–water partition coefficient (Wildman–Crippen LogP) is 4.51. The molecular formula is C18H16F3N3O. The van der Waals surface area contributed by atoms with Crippen LogP contribution in [0.1, 0.15) is 23.7 Å². The number of hydrogen-bond donors (Lipinski definition) is 0. The van der Waals surface area contributed by atoms with E-state index in [2.05, 4.69) is 10.1 Å². The van der Waals surface area contributed by atoms with Gasteiger partial charge in [-0.05, 0) is 29.8 Å². The largest absolute Gasteiger partial charge is 0.486 e. The van der Waals surface area contributed by atoms with E-state index >= 15 is 0 Å². The van der Waals surface area contributed by atoms with Gasteiger partial charge >= 0.3 is 6.18 Å². The maximum absolute atomic E-state index is 12.7. The first-order valence-corrected chi connectivity index (χ1v) is 7.73. The lowest BCUT2D eigenvalue weighted by atomic mass is 10.1. The molecule has 3 aromatic rings. The van der Waals surface area contributed by atoms with Gasteiger partial charge in [0, 0.05) is 13.0 Å². The number of aromatic nitrogens is 3. The van der Waals surface area contributed by atoms with Crippen LogP contribution in [0.2, 0.25) is 0 Å². The molecule has 0 spiro atoms. The summed E-state index contributed by atoms with van der Waals surface area (Å²) in [4.78, 5) is 3.89. The third-order valence-electron chi connectivity index (χ3n) is 3.72. The molecule has 0 N–H and O–H groups in total. The van der Waals surface area contributed by atoms with Gasteiger partial charge in [0.15, 0.2) is 0 Å². The van der Waals surface area contributed by atoms with Gasteiger partial charge in [-0.3, -0.25) is 4.68 Å². The molecule has 0 aliphatic rings. The number of alkyl halides is 3. The SMILES string of the molecule is FC(F)(F)c1ccc(OC(CCn2cncn2)c2ccccc2)cc1. The first-order valence-electron chi connectivity index (χ1n) is 7.73. The van der Waals surface area contributed by atoms with Crippen LogP contribution >= 0.6 is 0 Å². The highest BCUT2D eigenvalue weighted by molar-refractivity contribution is 5.30. The minimum Gasteiger partial charge on any atom is -0.486 e. The van der Waals surface area contributed by atoms with Gasteiger partial charge in [0.05, 0.1) is 5.56 Å². The number of aryl methyl sites for hydroxylation is 1. The first kappa shape index (κ1) is 17.0. The number of hydrogen-bond acceptors (Lipinski definition) is 3. The number of rotatable bonds is 6. The molecule has 0 bridgehead atoms.